The molecule has 0 aliphatic carbocycles. The molecule has 0 bridgehead atoms. The Morgan fingerprint density at radius 3 is 1.35 bits per heavy atom. The maximum absolute atomic E-state index is 12.1. The molecule has 2 amide bonds. The number of nitrogens with two attached hydrogens (primary N) is 6. The number of rotatable bonds is 18. The van der Waals surface area contributed by atoms with Crippen LogP contribution in [0.5, 0.6) is 0 Å². The van der Waals surface area contributed by atoms with Gasteiger partial charge in [0.2, 0.25) is 11.8 Å². The molecule has 1 heterocycles. The van der Waals surface area contributed by atoms with Gasteiger partial charge in [-0.3, -0.25) is 24.4 Å². The lowest BCUT2D eigenvalue weighted by atomic mass is 10.1. The maximum Gasteiger partial charge on any atom is 0.300 e. The smallest absolute Gasteiger partial charge is 0.300 e. The number of nitrogens with zero attached hydrogens (tertiary/aromatic N) is 4. The van der Waals surface area contributed by atoms with Crippen molar-refractivity contribution in [3.05, 3.63) is 0 Å². The van der Waals surface area contributed by atoms with Gasteiger partial charge in [0.25, 0.3) is 5.97 Å². The Bertz CT molecular complexity index is 718. The number of guanidine groups is 2. The summed E-state index contributed by atoms with van der Waals surface area (Å²) in [5.74, 6) is -1.01. The van der Waals surface area contributed by atoms with Crippen molar-refractivity contribution in [2.24, 2.45) is 44.4 Å². The molecule has 232 valence electrons. The van der Waals surface area contributed by atoms with Gasteiger partial charge in [-0.15, -0.1) is 0 Å². The molecule has 16 nitrogen and oxygen atoms in total. The van der Waals surface area contributed by atoms with Crippen molar-refractivity contribution < 1.29 is 19.5 Å². The van der Waals surface area contributed by atoms with E-state index in [0.717, 1.165) is 59.0 Å². The van der Waals surface area contributed by atoms with E-state index in [1.165, 1.54) is 0 Å². The lowest BCUT2D eigenvalue weighted by Crippen LogP contribution is -2.48. The predicted molar refractivity (Wildman–Crippen MR) is 157 cm³/mol. The number of hydrogen-bond acceptors (Lipinski definition) is 9. The maximum atomic E-state index is 12.1. The summed E-state index contributed by atoms with van der Waals surface area (Å²) in [4.78, 5) is 45.7. The van der Waals surface area contributed by atoms with E-state index in [0.29, 0.717) is 51.9 Å². The Morgan fingerprint density at radius 1 is 0.725 bits per heavy atom. The van der Waals surface area contributed by atoms with Crippen LogP contribution in [0.25, 0.3) is 0 Å². The van der Waals surface area contributed by atoms with Crippen LogP contribution in [0.3, 0.4) is 0 Å². The zero-order valence-electron chi connectivity index (χ0n) is 23.9. The van der Waals surface area contributed by atoms with Gasteiger partial charge in [0.1, 0.15) is 0 Å². The second-order valence-electron chi connectivity index (χ2n) is 9.60. The number of aliphatic carboxylic acids is 1. The molecule has 0 spiro atoms. The fourth-order valence-electron chi connectivity index (χ4n) is 3.83. The molecule has 15 N–H and O–H groups in total. The third-order valence-corrected chi connectivity index (χ3v) is 5.97. The van der Waals surface area contributed by atoms with Crippen LogP contribution in [0.2, 0.25) is 0 Å². The summed E-state index contributed by atoms with van der Waals surface area (Å²) in [5.41, 5.74) is 32.9. The first kappa shape index (κ1) is 36.8. The van der Waals surface area contributed by atoms with Gasteiger partial charge in [-0.2, -0.15) is 0 Å². The highest BCUT2D eigenvalue weighted by atomic mass is 16.4. The van der Waals surface area contributed by atoms with E-state index in [-0.39, 0.29) is 23.7 Å². The van der Waals surface area contributed by atoms with Crippen molar-refractivity contribution in [3.63, 3.8) is 0 Å². The van der Waals surface area contributed by atoms with E-state index in [9.17, 15) is 9.59 Å². The molecule has 0 unspecified atom stereocenters. The summed E-state index contributed by atoms with van der Waals surface area (Å²) in [6.45, 7) is 9.08. The number of hydrogen-bond donors (Lipinski definition) is 9. The number of nitrogens with one attached hydrogen (secondary N) is 2. The van der Waals surface area contributed by atoms with E-state index in [1.54, 1.807) is 0 Å². The van der Waals surface area contributed by atoms with Gasteiger partial charge in [0, 0.05) is 59.3 Å². The minimum absolute atomic E-state index is 0.0482. The number of piperazine rings is 1. The number of carbonyl (C=O) groups is 3. The minimum atomic E-state index is -0.833. The third-order valence-electron chi connectivity index (χ3n) is 5.97. The highest BCUT2D eigenvalue weighted by molar-refractivity contribution is 5.81. The summed E-state index contributed by atoms with van der Waals surface area (Å²) in [7, 11) is 0. The van der Waals surface area contributed by atoms with Crippen molar-refractivity contribution in [1.29, 1.82) is 0 Å². The summed E-state index contributed by atoms with van der Waals surface area (Å²) in [6.07, 6.45) is 4.18. The molecule has 0 radical (unpaired) electrons. The van der Waals surface area contributed by atoms with Crippen molar-refractivity contribution >= 4 is 29.7 Å². The summed E-state index contributed by atoms with van der Waals surface area (Å²) < 4.78 is 0. The molecule has 0 saturated carbocycles. The van der Waals surface area contributed by atoms with Gasteiger partial charge in [-0.05, 0) is 51.6 Å². The Morgan fingerprint density at radius 2 is 1.05 bits per heavy atom. The van der Waals surface area contributed by atoms with Gasteiger partial charge >= 0.3 is 0 Å². The van der Waals surface area contributed by atoms with E-state index < -0.39 is 18.1 Å². The highest BCUT2D eigenvalue weighted by Gasteiger charge is 2.17. The number of carboxylic acids is 1. The molecule has 0 aromatic heterocycles. The Hall–Kier alpha value is -3.21. The molecule has 2 atom stereocenters. The standard InChI is InChI=1S/C22H48N12O2.C2H4O2/c23-17(5-1-7-31-21(25)26)19(35)29-9-3-11-33-13-15-34(16-14-33)12-4-10-30-20(36)18(24)6-2-8-32-22(27)28;1-2(3)4/h17-18H,1-16,23-24H2,(H,29,35)(H,30,36)(H4,25,26,31)(H4,27,28,32);1H3,(H,3,4)/t17-,18-;/m0./s1. The van der Waals surface area contributed by atoms with Crippen molar-refractivity contribution in [1.82, 2.24) is 20.4 Å². The summed E-state index contributed by atoms with van der Waals surface area (Å²) in [6, 6.07) is -1.08. The predicted octanol–water partition coefficient (Wildman–Crippen LogP) is -3.53. The number of amides is 2. The molecule has 1 rings (SSSR count). The largest absolute Gasteiger partial charge is 0.481 e. The van der Waals surface area contributed by atoms with Gasteiger partial charge in [0.15, 0.2) is 11.9 Å². The van der Waals surface area contributed by atoms with Crippen LogP contribution >= 0.6 is 0 Å². The molecule has 0 aromatic rings. The summed E-state index contributed by atoms with van der Waals surface area (Å²) in [5, 5.41) is 13.2. The quantitative estimate of drug-likeness (QED) is 0.0439. The van der Waals surface area contributed by atoms with Crippen LogP contribution in [0.1, 0.15) is 45.4 Å². The zero-order chi connectivity index (χ0) is 30.3. The van der Waals surface area contributed by atoms with E-state index >= 15 is 0 Å². The fraction of sp³-hybridized carbons (Fsp3) is 0.792. The second kappa shape index (κ2) is 22.6. The van der Waals surface area contributed by atoms with Crippen LogP contribution in [-0.4, -0.2) is 122 Å². The van der Waals surface area contributed by atoms with Crippen LogP contribution in [0, 0.1) is 0 Å². The van der Waals surface area contributed by atoms with Crippen molar-refractivity contribution in [2.45, 2.75) is 57.5 Å². The van der Waals surface area contributed by atoms with Crippen LogP contribution in [-0.2, 0) is 14.4 Å². The number of aliphatic imine (C=N–C) groups is 2. The van der Waals surface area contributed by atoms with Crippen LogP contribution < -0.4 is 45.0 Å². The van der Waals surface area contributed by atoms with E-state index in [1.807, 2.05) is 0 Å². The van der Waals surface area contributed by atoms with E-state index in [4.69, 9.17) is 44.3 Å². The van der Waals surface area contributed by atoms with Gasteiger partial charge < -0.3 is 59.9 Å². The molecular weight excluding hydrogens is 520 g/mol. The molecule has 16 heteroatoms. The first-order valence-corrected chi connectivity index (χ1v) is 13.7. The minimum Gasteiger partial charge on any atom is -0.481 e. The zero-order valence-corrected chi connectivity index (χ0v) is 23.9. The van der Waals surface area contributed by atoms with Gasteiger partial charge in [0.05, 0.1) is 12.1 Å². The first-order valence-electron chi connectivity index (χ1n) is 13.7. The molecule has 40 heavy (non-hydrogen) atoms. The lowest BCUT2D eigenvalue weighted by Gasteiger charge is -2.34. The molecule has 1 aliphatic heterocycles. The highest BCUT2D eigenvalue weighted by Crippen LogP contribution is 2.03. The van der Waals surface area contributed by atoms with Crippen LogP contribution in [0.4, 0.5) is 0 Å². The van der Waals surface area contributed by atoms with E-state index in [2.05, 4.69) is 30.4 Å². The Kier molecular flexibility index (Phi) is 20.8. The molecule has 1 fully saturated rings. The monoisotopic (exact) mass is 572 g/mol. The van der Waals surface area contributed by atoms with Gasteiger partial charge in [-0.25, -0.2) is 0 Å². The number of carboxylic acid groups (broad SMARTS) is 1. The second-order valence-corrected chi connectivity index (χ2v) is 9.60. The topological polar surface area (TPSA) is 283 Å². The molecular formula is C24H52N12O4. The fourth-order valence-corrected chi connectivity index (χ4v) is 3.83. The first-order chi connectivity index (χ1) is 18.9. The average molecular weight is 573 g/mol. The Labute approximate surface area is 237 Å². The van der Waals surface area contributed by atoms with Gasteiger partial charge in [-0.1, -0.05) is 0 Å². The third kappa shape index (κ3) is 21.7. The van der Waals surface area contributed by atoms with Crippen molar-refractivity contribution in [3.8, 4) is 0 Å². The SMILES string of the molecule is CC(=O)O.NC(N)=NCCC[C@H](N)C(=O)NCCCN1CCN(CCCNC(=O)[C@@H](N)CCCN=C(N)N)CC1. The lowest BCUT2D eigenvalue weighted by molar-refractivity contribution is -0.134. The van der Waals surface area contributed by atoms with Crippen LogP contribution in [0.15, 0.2) is 9.98 Å². The number of carbonyl (C=O) groups excluding carboxylic acids is 2. The normalized spacial score (nSPS) is 15.1. The Balaban J connectivity index is 0.00000354. The summed E-state index contributed by atoms with van der Waals surface area (Å²) >= 11 is 0. The molecule has 1 aliphatic rings. The molecule has 0 aromatic carbocycles. The van der Waals surface area contributed by atoms with Crippen molar-refractivity contribution in [2.75, 3.05) is 65.4 Å². The molecule has 1 saturated heterocycles. The average Bonchev–Trinajstić information content (AvgIpc) is 2.89.